The van der Waals surface area contributed by atoms with Crippen LogP contribution >= 0.6 is 11.6 Å². The van der Waals surface area contributed by atoms with E-state index < -0.39 is 0 Å². The number of hydrogen-bond donors (Lipinski definition) is 0. The van der Waals surface area contributed by atoms with Gasteiger partial charge in [-0.3, -0.25) is 0 Å². The van der Waals surface area contributed by atoms with E-state index >= 15 is 0 Å². The number of rotatable bonds is 3. The standard InChI is InChI=1S/C9H13Cl/c1-3-9(2)7-5-4-6-8-10/h3-6,8H,7H2,1-2H3/b5-4?,8-6+,9-3-. The van der Waals surface area contributed by atoms with Crippen molar-refractivity contribution in [1.29, 1.82) is 0 Å². The van der Waals surface area contributed by atoms with Crippen molar-refractivity contribution in [2.24, 2.45) is 0 Å². The summed E-state index contributed by atoms with van der Waals surface area (Å²) < 4.78 is 0. The molecule has 0 bridgehead atoms. The van der Waals surface area contributed by atoms with Crippen LogP contribution in [0.15, 0.2) is 35.4 Å². The van der Waals surface area contributed by atoms with Gasteiger partial charge in [0.2, 0.25) is 0 Å². The maximum absolute atomic E-state index is 5.30. The first-order chi connectivity index (χ1) is 4.81. The molecule has 0 aromatic heterocycles. The van der Waals surface area contributed by atoms with Crippen molar-refractivity contribution in [1.82, 2.24) is 0 Å². The van der Waals surface area contributed by atoms with Crippen LogP contribution in [-0.2, 0) is 0 Å². The minimum atomic E-state index is 1.01. The average Bonchev–Trinajstić information content (AvgIpc) is 1.98. The van der Waals surface area contributed by atoms with Crippen molar-refractivity contribution in [2.45, 2.75) is 20.3 Å². The summed E-state index contributed by atoms with van der Waals surface area (Å²) >= 11 is 5.30. The highest BCUT2D eigenvalue weighted by atomic mass is 35.5. The molecule has 10 heavy (non-hydrogen) atoms. The molecule has 0 radical (unpaired) electrons. The minimum Gasteiger partial charge on any atom is -0.0930 e. The van der Waals surface area contributed by atoms with Crippen molar-refractivity contribution in [3.8, 4) is 0 Å². The molecule has 0 aromatic carbocycles. The fourth-order valence-electron chi connectivity index (χ4n) is 0.492. The summed E-state index contributed by atoms with van der Waals surface area (Å²) in [5.74, 6) is 0. The predicted octanol–water partition coefficient (Wildman–Crippen LogP) is 3.65. The number of hydrogen-bond acceptors (Lipinski definition) is 0. The van der Waals surface area contributed by atoms with Crippen molar-refractivity contribution in [3.05, 3.63) is 35.4 Å². The molecule has 0 aliphatic rings. The van der Waals surface area contributed by atoms with Gasteiger partial charge in [-0.05, 0) is 20.3 Å². The Labute approximate surface area is 67.9 Å². The molecule has 1 heteroatoms. The van der Waals surface area contributed by atoms with Crippen LogP contribution in [0.3, 0.4) is 0 Å². The molecule has 0 fully saturated rings. The van der Waals surface area contributed by atoms with Crippen LogP contribution < -0.4 is 0 Å². The molecule has 0 amide bonds. The molecule has 0 aliphatic heterocycles. The molecule has 0 atom stereocenters. The van der Waals surface area contributed by atoms with E-state index in [-0.39, 0.29) is 0 Å². The van der Waals surface area contributed by atoms with E-state index in [1.165, 1.54) is 11.1 Å². The monoisotopic (exact) mass is 156 g/mol. The first-order valence-corrected chi connectivity index (χ1v) is 3.78. The maximum atomic E-state index is 5.30. The number of halogens is 1. The number of allylic oxidation sites excluding steroid dienone is 5. The molecule has 0 heterocycles. The van der Waals surface area contributed by atoms with Gasteiger partial charge in [0, 0.05) is 5.54 Å². The smallest absolute Gasteiger partial charge is 0.00423 e. The molecule has 0 unspecified atom stereocenters. The van der Waals surface area contributed by atoms with E-state index in [2.05, 4.69) is 19.1 Å². The first kappa shape index (κ1) is 9.51. The molecule has 0 saturated heterocycles. The van der Waals surface area contributed by atoms with Gasteiger partial charge in [0.15, 0.2) is 0 Å². The van der Waals surface area contributed by atoms with Gasteiger partial charge in [-0.2, -0.15) is 0 Å². The lowest BCUT2D eigenvalue weighted by Crippen LogP contribution is -1.68. The van der Waals surface area contributed by atoms with Gasteiger partial charge in [0.25, 0.3) is 0 Å². The van der Waals surface area contributed by atoms with Crippen LogP contribution in [0.5, 0.6) is 0 Å². The van der Waals surface area contributed by atoms with Crippen molar-refractivity contribution >= 4 is 11.6 Å². The second-order valence-corrected chi connectivity index (χ2v) is 2.34. The molecule has 0 N–H and O–H groups in total. The van der Waals surface area contributed by atoms with E-state index in [0.717, 1.165) is 6.42 Å². The first-order valence-electron chi connectivity index (χ1n) is 3.35. The summed E-state index contributed by atoms with van der Waals surface area (Å²) in [7, 11) is 0. The zero-order chi connectivity index (χ0) is 7.82. The van der Waals surface area contributed by atoms with E-state index in [9.17, 15) is 0 Å². The predicted molar refractivity (Wildman–Crippen MR) is 48.2 cm³/mol. The van der Waals surface area contributed by atoms with Crippen LogP contribution in [0.4, 0.5) is 0 Å². The summed E-state index contributed by atoms with van der Waals surface area (Å²) in [4.78, 5) is 0. The Morgan fingerprint density at radius 1 is 1.40 bits per heavy atom. The van der Waals surface area contributed by atoms with E-state index in [4.69, 9.17) is 11.6 Å². The highest BCUT2D eigenvalue weighted by Gasteiger charge is 1.78. The van der Waals surface area contributed by atoms with Crippen LogP contribution in [0.1, 0.15) is 20.3 Å². The highest BCUT2D eigenvalue weighted by Crippen LogP contribution is 1.99. The summed E-state index contributed by atoms with van der Waals surface area (Å²) in [6.07, 6.45) is 8.95. The molecule has 56 valence electrons. The van der Waals surface area contributed by atoms with Gasteiger partial charge in [-0.1, -0.05) is 41.5 Å². The molecule has 0 rings (SSSR count). The zero-order valence-corrected chi connectivity index (χ0v) is 7.23. The highest BCUT2D eigenvalue weighted by molar-refractivity contribution is 6.25. The summed E-state index contributed by atoms with van der Waals surface area (Å²) in [6.45, 7) is 4.15. The molecule has 0 aromatic rings. The second kappa shape index (κ2) is 6.63. The average molecular weight is 157 g/mol. The van der Waals surface area contributed by atoms with Gasteiger partial charge < -0.3 is 0 Å². The minimum absolute atomic E-state index is 1.01. The lowest BCUT2D eigenvalue weighted by atomic mass is 10.2. The normalized spacial score (nSPS) is 13.7. The van der Waals surface area contributed by atoms with Crippen LogP contribution in [0, 0.1) is 0 Å². The molecular weight excluding hydrogens is 144 g/mol. The molecule has 0 saturated carbocycles. The second-order valence-electron chi connectivity index (χ2n) is 2.09. The quantitative estimate of drug-likeness (QED) is 0.432. The van der Waals surface area contributed by atoms with Gasteiger partial charge >= 0.3 is 0 Å². The van der Waals surface area contributed by atoms with E-state index in [1.807, 2.05) is 19.1 Å². The molecule has 0 spiro atoms. The Bertz CT molecular complexity index is 152. The van der Waals surface area contributed by atoms with Crippen molar-refractivity contribution in [2.75, 3.05) is 0 Å². The topological polar surface area (TPSA) is 0 Å². The zero-order valence-electron chi connectivity index (χ0n) is 6.47. The lowest BCUT2D eigenvalue weighted by Gasteiger charge is -1.89. The Kier molecular flexibility index (Phi) is 6.30. The van der Waals surface area contributed by atoms with Crippen LogP contribution in [0.2, 0.25) is 0 Å². The van der Waals surface area contributed by atoms with Gasteiger partial charge in [0.1, 0.15) is 0 Å². The summed E-state index contributed by atoms with van der Waals surface area (Å²) in [5, 5.41) is 0. The van der Waals surface area contributed by atoms with Crippen LogP contribution in [0.25, 0.3) is 0 Å². The summed E-state index contributed by atoms with van der Waals surface area (Å²) in [6, 6.07) is 0. The molecular formula is C9H13Cl. The van der Waals surface area contributed by atoms with E-state index in [0.29, 0.717) is 0 Å². The molecule has 0 nitrogen and oxygen atoms in total. The van der Waals surface area contributed by atoms with Gasteiger partial charge in [-0.25, -0.2) is 0 Å². The SMILES string of the molecule is C/C=C(/C)CC=C/C=C/Cl. The van der Waals surface area contributed by atoms with Gasteiger partial charge in [-0.15, -0.1) is 0 Å². The van der Waals surface area contributed by atoms with Crippen LogP contribution in [-0.4, -0.2) is 0 Å². The fraction of sp³-hybridized carbons (Fsp3) is 0.333. The largest absolute Gasteiger partial charge is 0.0930 e. The Morgan fingerprint density at radius 2 is 2.10 bits per heavy atom. The Hall–Kier alpha value is -0.490. The lowest BCUT2D eigenvalue weighted by molar-refractivity contribution is 1.20. The fourth-order valence-corrected chi connectivity index (χ4v) is 0.576. The maximum Gasteiger partial charge on any atom is 0.00423 e. The van der Waals surface area contributed by atoms with Crippen molar-refractivity contribution < 1.29 is 0 Å². The Morgan fingerprint density at radius 3 is 2.60 bits per heavy atom. The van der Waals surface area contributed by atoms with Crippen molar-refractivity contribution in [3.63, 3.8) is 0 Å². The third kappa shape index (κ3) is 5.64. The third-order valence-electron chi connectivity index (χ3n) is 1.25. The molecule has 0 aliphatic carbocycles. The van der Waals surface area contributed by atoms with E-state index in [1.54, 1.807) is 0 Å². The Balaban J connectivity index is 3.53. The third-order valence-corrected chi connectivity index (χ3v) is 1.40. The summed E-state index contributed by atoms with van der Waals surface area (Å²) in [5.41, 5.74) is 2.88. The van der Waals surface area contributed by atoms with Gasteiger partial charge in [0.05, 0.1) is 0 Å².